The van der Waals surface area contributed by atoms with Gasteiger partial charge in [-0.2, -0.15) is 5.26 Å². The minimum absolute atomic E-state index is 0.125. The minimum Gasteiger partial charge on any atom is -0.324 e. The van der Waals surface area contributed by atoms with E-state index in [0.29, 0.717) is 0 Å². The van der Waals surface area contributed by atoms with Gasteiger partial charge in [0.1, 0.15) is 11.9 Å². The molecule has 0 spiro atoms. The first-order valence-electron chi connectivity index (χ1n) is 6.85. The van der Waals surface area contributed by atoms with E-state index in [2.05, 4.69) is 4.72 Å². The van der Waals surface area contributed by atoms with Gasteiger partial charge < -0.3 is 5.73 Å². The maximum Gasteiger partial charge on any atom is 0.240 e. The molecule has 1 aromatic rings. The number of halogens is 1. The predicted molar refractivity (Wildman–Crippen MR) is 76.3 cm³/mol. The third-order valence-electron chi connectivity index (χ3n) is 3.83. The molecule has 5 nitrogen and oxygen atoms in total. The Morgan fingerprint density at radius 1 is 1.33 bits per heavy atom. The molecule has 0 aromatic heterocycles. The van der Waals surface area contributed by atoms with E-state index in [1.54, 1.807) is 6.07 Å². The van der Waals surface area contributed by atoms with Crippen LogP contribution in [0.5, 0.6) is 0 Å². The summed E-state index contributed by atoms with van der Waals surface area (Å²) in [6.45, 7) is 0.147. The van der Waals surface area contributed by atoms with Gasteiger partial charge in [-0.15, -0.1) is 0 Å². The zero-order valence-electron chi connectivity index (χ0n) is 11.6. The van der Waals surface area contributed by atoms with Crippen LogP contribution in [0.2, 0.25) is 0 Å². The summed E-state index contributed by atoms with van der Waals surface area (Å²) in [7, 11) is -3.79. The van der Waals surface area contributed by atoms with Crippen LogP contribution in [0.3, 0.4) is 0 Å². The zero-order chi connectivity index (χ0) is 15.5. The van der Waals surface area contributed by atoms with Gasteiger partial charge in [0, 0.05) is 12.1 Å². The molecule has 0 atom stereocenters. The van der Waals surface area contributed by atoms with Gasteiger partial charge in [0.05, 0.1) is 10.5 Å². The van der Waals surface area contributed by atoms with E-state index >= 15 is 0 Å². The number of nitrogens with two attached hydrogens (primary N) is 1. The SMILES string of the molecule is N#Cc1cc(S(=O)(=O)NCC2(N)CCCCC2)ccc1F. The highest BCUT2D eigenvalue weighted by Crippen LogP contribution is 2.25. The van der Waals surface area contributed by atoms with Crippen molar-refractivity contribution < 1.29 is 12.8 Å². The average molecular weight is 311 g/mol. The van der Waals surface area contributed by atoms with Crippen molar-refractivity contribution in [2.75, 3.05) is 6.54 Å². The van der Waals surface area contributed by atoms with E-state index < -0.39 is 21.4 Å². The fraction of sp³-hybridized carbons (Fsp3) is 0.500. The number of nitrogens with zero attached hydrogens (tertiary/aromatic N) is 1. The summed E-state index contributed by atoms with van der Waals surface area (Å²) < 4.78 is 40.1. The molecule has 0 unspecified atom stereocenters. The number of nitrogens with one attached hydrogen (secondary N) is 1. The molecule has 1 saturated carbocycles. The molecule has 1 aromatic carbocycles. The Labute approximate surface area is 124 Å². The van der Waals surface area contributed by atoms with Crippen LogP contribution in [-0.2, 0) is 10.0 Å². The highest BCUT2D eigenvalue weighted by Gasteiger charge is 2.29. The molecule has 7 heteroatoms. The van der Waals surface area contributed by atoms with E-state index in [-0.39, 0.29) is 17.0 Å². The summed E-state index contributed by atoms with van der Waals surface area (Å²) in [6.07, 6.45) is 4.67. The smallest absolute Gasteiger partial charge is 0.240 e. The van der Waals surface area contributed by atoms with Crippen molar-refractivity contribution in [1.82, 2.24) is 4.72 Å². The van der Waals surface area contributed by atoms with Crippen molar-refractivity contribution in [3.05, 3.63) is 29.6 Å². The maximum atomic E-state index is 13.2. The summed E-state index contributed by atoms with van der Waals surface area (Å²) in [4.78, 5) is -0.125. The van der Waals surface area contributed by atoms with Crippen molar-refractivity contribution in [3.63, 3.8) is 0 Å². The molecule has 21 heavy (non-hydrogen) atoms. The van der Waals surface area contributed by atoms with Gasteiger partial charge in [0.15, 0.2) is 0 Å². The van der Waals surface area contributed by atoms with Gasteiger partial charge >= 0.3 is 0 Å². The zero-order valence-corrected chi connectivity index (χ0v) is 12.4. The first kappa shape index (κ1) is 15.9. The molecular weight excluding hydrogens is 293 g/mol. The van der Waals surface area contributed by atoms with Crippen molar-refractivity contribution in [3.8, 4) is 6.07 Å². The van der Waals surface area contributed by atoms with Crippen molar-refractivity contribution >= 4 is 10.0 Å². The predicted octanol–water partition coefficient (Wildman–Crippen LogP) is 1.64. The van der Waals surface area contributed by atoms with Crippen LogP contribution < -0.4 is 10.5 Å². The molecule has 2 rings (SSSR count). The molecule has 0 bridgehead atoms. The van der Waals surface area contributed by atoms with Gasteiger partial charge in [0.25, 0.3) is 0 Å². The molecule has 0 aliphatic heterocycles. The Morgan fingerprint density at radius 2 is 2.00 bits per heavy atom. The molecule has 0 radical (unpaired) electrons. The largest absolute Gasteiger partial charge is 0.324 e. The lowest BCUT2D eigenvalue weighted by Gasteiger charge is -2.33. The Kier molecular flexibility index (Phi) is 4.61. The highest BCUT2D eigenvalue weighted by molar-refractivity contribution is 7.89. The van der Waals surface area contributed by atoms with Crippen LogP contribution in [0.4, 0.5) is 4.39 Å². The first-order valence-corrected chi connectivity index (χ1v) is 8.33. The molecule has 1 aliphatic rings. The van der Waals surface area contributed by atoms with Gasteiger partial charge in [0.2, 0.25) is 10.0 Å². The van der Waals surface area contributed by atoms with Gasteiger partial charge in [-0.3, -0.25) is 0 Å². The Bertz CT molecular complexity index is 661. The Hall–Kier alpha value is -1.49. The second-order valence-corrected chi connectivity index (χ2v) is 7.27. The van der Waals surface area contributed by atoms with Gasteiger partial charge in [-0.1, -0.05) is 19.3 Å². The fourth-order valence-electron chi connectivity index (χ4n) is 2.51. The molecule has 1 fully saturated rings. The van der Waals surface area contributed by atoms with Crippen LogP contribution in [-0.4, -0.2) is 20.5 Å². The number of sulfonamides is 1. The summed E-state index contributed by atoms with van der Waals surface area (Å²) in [5.41, 5.74) is 5.37. The molecule has 114 valence electrons. The standard InChI is InChI=1S/C14H18FN3O2S/c15-13-5-4-12(8-11(13)9-16)21(19,20)18-10-14(17)6-2-1-3-7-14/h4-5,8,18H,1-3,6-7,10,17H2. The Balaban J connectivity index is 2.13. The summed E-state index contributed by atoms with van der Waals surface area (Å²) >= 11 is 0. The quantitative estimate of drug-likeness (QED) is 0.883. The Morgan fingerprint density at radius 3 is 2.62 bits per heavy atom. The minimum atomic E-state index is -3.79. The van der Waals surface area contributed by atoms with Crippen LogP contribution in [0.1, 0.15) is 37.7 Å². The van der Waals surface area contributed by atoms with Crippen LogP contribution in [0.15, 0.2) is 23.1 Å². The lowest BCUT2D eigenvalue weighted by atomic mass is 9.83. The molecular formula is C14H18FN3O2S. The van der Waals surface area contributed by atoms with Gasteiger partial charge in [-0.05, 0) is 31.0 Å². The maximum absolute atomic E-state index is 13.2. The second kappa shape index (κ2) is 6.10. The number of hydrogen-bond acceptors (Lipinski definition) is 4. The fourth-order valence-corrected chi connectivity index (χ4v) is 3.68. The van der Waals surface area contributed by atoms with E-state index in [1.165, 1.54) is 0 Å². The topological polar surface area (TPSA) is 96.0 Å². The van der Waals surface area contributed by atoms with E-state index in [0.717, 1.165) is 50.3 Å². The summed E-state index contributed by atoms with van der Waals surface area (Å²) in [6, 6.07) is 4.78. The number of benzene rings is 1. The lowest BCUT2D eigenvalue weighted by Crippen LogP contribution is -2.51. The van der Waals surface area contributed by atoms with E-state index in [1.807, 2.05) is 0 Å². The van der Waals surface area contributed by atoms with E-state index in [4.69, 9.17) is 11.0 Å². The molecule has 3 N–H and O–H groups in total. The normalized spacial score (nSPS) is 18.1. The van der Waals surface area contributed by atoms with Crippen LogP contribution >= 0.6 is 0 Å². The monoisotopic (exact) mass is 311 g/mol. The molecule has 0 heterocycles. The highest BCUT2D eigenvalue weighted by atomic mass is 32.2. The molecule has 1 aliphatic carbocycles. The van der Waals surface area contributed by atoms with Crippen molar-refractivity contribution in [2.24, 2.45) is 5.73 Å². The van der Waals surface area contributed by atoms with Gasteiger partial charge in [-0.25, -0.2) is 17.5 Å². The first-order chi connectivity index (χ1) is 9.86. The lowest BCUT2D eigenvalue weighted by molar-refractivity contribution is 0.296. The van der Waals surface area contributed by atoms with Crippen molar-refractivity contribution in [1.29, 1.82) is 5.26 Å². The number of rotatable bonds is 4. The average Bonchev–Trinajstić information content (AvgIpc) is 2.46. The van der Waals surface area contributed by atoms with Crippen LogP contribution in [0.25, 0.3) is 0 Å². The third kappa shape index (κ3) is 3.79. The number of nitriles is 1. The second-order valence-electron chi connectivity index (χ2n) is 5.50. The summed E-state index contributed by atoms with van der Waals surface area (Å²) in [5, 5.41) is 8.76. The van der Waals surface area contributed by atoms with E-state index in [9.17, 15) is 12.8 Å². The van der Waals surface area contributed by atoms with Crippen LogP contribution in [0, 0.1) is 17.1 Å². The molecule has 0 amide bonds. The summed E-state index contributed by atoms with van der Waals surface area (Å²) in [5.74, 6) is -0.737. The number of hydrogen-bond donors (Lipinski definition) is 2. The van der Waals surface area contributed by atoms with Crippen molar-refractivity contribution in [2.45, 2.75) is 42.5 Å². The third-order valence-corrected chi connectivity index (χ3v) is 5.23. The molecule has 0 saturated heterocycles.